The minimum atomic E-state index is -0.984. The average Bonchev–Trinajstić information content (AvgIpc) is 3.30. The maximum absolute atomic E-state index is 12.6. The molecule has 65 heavy (non-hydrogen) atoms. The van der Waals surface area contributed by atoms with Gasteiger partial charge in [0, 0.05) is 67.6 Å². The predicted octanol–water partition coefficient (Wildman–Crippen LogP) is 6.75. The number of hydrogen-bond donors (Lipinski definition) is 4. The van der Waals surface area contributed by atoms with Gasteiger partial charge in [0.2, 0.25) is 0 Å². The first-order valence-electron chi connectivity index (χ1n) is 21.9. The van der Waals surface area contributed by atoms with Gasteiger partial charge in [-0.2, -0.15) is 5.26 Å². The number of para-hydroxylation sites is 2. The van der Waals surface area contributed by atoms with Crippen LogP contribution < -0.4 is 9.80 Å². The Morgan fingerprint density at radius 2 is 1.03 bits per heavy atom. The third kappa shape index (κ3) is 10.9. The number of fused-ring (bicyclic) bond motifs is 2. The Hall–Kier alpha value is -6.41. The third-order valence-electron chi connectivity index (χ3n) is 11.5. The van der Waals surface area contributed by atoms with E-state index in [1.54, 1.807) is 64.4 Å². The maximum atomic E-state index is 12.6. The summed E-state index contributed by atoms with van der Waals surface area (Å²) in [5.74, 6) is 2.55. The number of anilines is 2. The number of phenols is 2. The molecule has 2 aliphatic heterocycles. The molecule has 2 aliphatic rings. The highest BCUT2D eigenvalue weighted by Gasteiger charge is 2.30. The number of nitriles is 1. The van der Waals surface area contributed by atoms with Gasteiger partial charge in [0.25, 0.3) is 11.8 Å². The minimum Gasteiger partial charge on any atom is -0.507 e. The summed E-state index contributed by atoms with van der Waals surface area (Å²) in [6.07, 6.45) is -1.03. The molecule has 8 rings (SSSR count). The Labute approximate surface area is 386 Å². The zero-order valence-electron chi connectivity index (χ0n) is 37.0. The lowest BCUT2D eigenvalue weighted by Gasteiger charge is -2.37. The lowest BCUT2D eigenvalue weighted by Crippen LogP contribution is -2.52. The number of hydrogen-bond acceptors (Lipinski definition) is 13. The number of phenolic OH excluding ortho intramolecular Hbond substituents is 2. The van der Waals surface area contributed by atoms with Gasteiger partial charge in [-0.15, -0.1) is 0 Å². The lowest BCUT2D eigenvalue weighted by molar-refractivity contribution is -0.141. The number of aromatic nitrogens is 4. The molecule has 0 radical (unpaired) electrons. The van der Waals surface area contributed by atoms with Gasteiger partial charge in [-0.3, -0.25) is 9.59 Å². The van der Waals surface area contributed by atoms with Crippen molar-refractivity contribution >= 4 is 61.2 Å². The van der Waals surface area contributed by atoms with Crippen molar-refractivity contribution in [3.8, 4) is 40.3 Å². The Morgan fingerprint density at radius 3 is 1.45 bits per heavy atom. The molecule has 6 aromatic rings. The largest absolute Gasteiger partial charge is 0.507 e. The SMILES string of the molecule is CC(C)C[C@@H](O)C(=O)N1CCN(c2nc(-c3ccccc3O)nc3ccc(Br)cc23)CC1.CC(C)C[C@@H](O)C(=O)N1CCN(c2nc(-c3ccccc3O)nc3ccc(C#N)cc23)CC1. The second-order valence-corrected chi connectivity index (χ2v) is 18.1. The fraction of sp³-hybridized carbons (Fsp3) is 0.367. The summed E-state index contributed by atoms with van der Waals surface area (Å²) < 4.78 is 0.927. The van der Waals surface area contributed by atoms with Crippen LogP contribution in [0.1, 0.15) is 46.1 Å². The number of piperazine rings is 2. The molecule has 4 aromatic carbocycles. The van der Waals surface area contributed by atoms with Gasteiger partial charge >= 0.3 is 0 Å². The summed E-state index contributed by atoms with van der Waals surface area (Å²) in [6, 6.07) is 27.2. The Kier molecular flexibility index (Phi) is 14.8. The predicted molar refractivity (Wildman–Crippen MR) is 254 cm³/mol. The number of aliphatic hydroxyl groups is 2. The van der Waals surface area contributed by atoms with Crippen molar-refractivity contribution in [1.29, 1.82) is 5.26 Å². The molecular weight excluding hydrogens is 890 g/mol. The van der Waals surface area contributed by atoms with Crippen molar-refractivity contribution in [2.75, 3.05) is 62.2 Å². The molecule has 2 fully saturated rings. The van der Waals surface area contributed by atoms with Gasteiger partial charge in [0.05, 0.1) is 33.8 Å². The Balaban J connectivity index is 0.000000194. The van der Waals surface area contributed by atoms with Gasteiger partial charge in [0.1, 0.15) is 35.3 Å². The van der Waals surface area contributed by atoms with Crippen molar-refractivity contribution in [3.05, 3.63) is 95.0 Å². The molecule has 0 saturated carbocycles. The first-order valence-corrected chi connectivity index (χ1v) is 22.7. The van der Waals surface area contributed by atoms with Crippen LogP contribution in [0.15, 0.2) is 89.4 Å². The molecule has 2 amide bonds. The van der Waals surface area contributed by atoms with Crippen molar-refractivity contribution in [2.24, 2.45) is 11.8 Å². The van der Waals surface area contributed by atoms with Crippen LogP contribution in [-0.4, -0.2) is 127 Å². The van der Waals surface area contributed by atoms with Crippen molar-refractivity contribution in [1.82, 2.24) is 29.7 Å². The van der Waals surface area contributed by atoms with E-state index in [2.05, 4.69) is 41.8 Å². The first-order chi connectivity index (χ1) is 31.2. The summed E-state index contributed by atoms with van der Waals surface area (Å²) in [7, 11) is 0. The highest BCUT2D eigenvalue weighted by molar-refractivity contribution is 9.10. The number of halogens is 1. The van der Waals surface area contributed by atoms with E-state index < -0.39 is 12.2 Å². The molecule has 0 bridgehead atoms. The van der Waals surface area contributed by atoms with E-state index in [-0.39, 0.29) is 35.1 Å². The fourth-order valence-electron chi connectivity index (χ4n) is 8.11. The van der Waals surface area contributed by atoms with Crippen LogP contribution in [0.5, 0.6) is 11.5 Å². The summed E-state index contributed by atoms with van der Waals surface area (Å²) in [4.78, 5) is 51.7. The van der Waals surface area contributed by atoms with Crippen molar-refractivity contribution < 1.29 is 30.0 Å². The van der Waals surface area contributed by atoms with E-state index >= 15 is 0 Å². The number of aromatic hydroxyl groups is 2. The van der Waals surface area contributed by atoms with Crippen molar-refractivity contribution in [2.45, 2.75) is 52.7 Å². The quantitative estimate of drug-likeness (QED) is 0.112. The number of benzene rings is 4. The van der Waals surface area contributed by atoms with Crippen LogP contribution in [0.4, 0.5) is 11.6 Å². The van der Waals surface area contributed by atoms with Crippen LogP contribution in [0.2, 0.25) is 0 Å². The number of carbonyl (C=O) groups excluding carboxylic acids is 2. The van der Waals surface area contributed by atoms with Gasteiger partial charge in [0.15, 0.2) is 11.6 Å². The molecule has 2 aromatic heterocycles. The summed E-state index contributed by atoms with van der Waals surface area (Å²) >= 11 is 3.53. The van der Waals surface area contributed by atoms with Crippen LogP contribution in [0, 0.1) is 23.2 Å². The highest BCUT2D eigenvalue weighted by atomic mass is 79.9. The van der Waals surface area contributed by atoms with E-state index in [4.69, 9.17) is 9.97 Å². The zero-order valence-corrected chi connectivity index (χ0v) is 38.6. The van der Waals surface area contributed by atoms with Crippen LogP contribution in [-0.2, 0) is 9.59 Å². The second-order valence-electron chi connectivity index (χ2n) is 17.2. The monoisotopic (exact) mass is 943 g/mol. The normalized spacial score (nSPS) is 15.2. The van der Waals surface area contributed by atoms with Gasteiger partial charge in [-0.25, -0.2) is 19.9 Å². The molecule has 0 aliphatic carbocycles. The van der Waals surface area contributed by atoms with Gasteiger partial charge < -0.3 is 40.0 Å². The van der Waals surface area contributed by atoms with Crippen LogP contribution >= 0.6 is 15.9 Å². The average molecular weight is 945 g/mol. The Morgan fingerprint density at radius 1 is 0.615 bits per heavy atom. The van der Waals surface area contributed by atoms with Gasteiger partial charge in [-0.1, -0.05) is 67.9 Å². The highest BCUT2D eigenvalue weighted by Crippen LogP contribution is 2.35. The molecule has 338 valence electrons. The summed E-state index contributed by atoms with van der Waals surface area (Å²) in [5.41, 5.74) is 3.05. The van der Waals surface area contributed by atoms with Gasteiger partial charge in [-0.05, 0) is 85.3 Å². The lowest BCUT2D eigenvalue weighted by atomic mass is 10.0. The molecule has 0 unspecified atom stereocenters. The van der Waals surface area contributed by atoms with E-state index in [1.165, 1.54) is 0 Å². The third-order valence-corrected chi connectivity index (χ3v) is 12.0. The van der Waals surface area contributed by atoms with E-state index in [0.29, 0.717) is 105 Å². The molecule has 2 saturated heterocycles. The zero-order chi connectivity index (χ0) is 46.4. The standard InChI is InChI=1S/C25H27N5O3.C24H27BrN4O3/c1-16(2)13-22(32)25(33)30-11-9-29(10-12-30)24-19-14-17(15-26)7-8-20(19)27-23(28-24)18-5-3-4-6-21(18)31;1-15(2)13-21(31)24(32)29-11-9-28(10-12-29)23-18-14-16(25)7-8-19(18)26-22(27-23)17-5-3-4-6-20(17)30/h3-8,14,16,22,31-32H,9-13H2,1-2H3;3-8,14-15,21,30-31H,9-13H2,1-2H3/t22-;21-/m11/s1. The number of rotatable bonds is 10. The van der Waals surface area contributed by atoms with E-state index in [9.17, 15) is 35.3 Å². The summed E-state index contributed by atoms with van der Waals surface area (Å²) in [5, 5.41) is 52.1. The Bertz CT molecular complexity index is 2710. The number of carbonyl (C=O) groups is 2. The molecule has 15 nitrogen and oxygen atoms in total. The van der Waals surface area contributed by atoms with E-state index in [1.807, 2.05) is 58.0 Å². The second kappa shape index (κ2) is 20.6. The number of amides is 2. The molecule has 16 heteroatoms. The number of nitrogens with zero attached hydrogens (tertiary/aromatic N) is 9. The molecule has 4 N–H and O–H groups in total. The fourth-order valence-corrected chi connectivity index (χ4v) is 8.47. The van der Waals surface area contributed by atoms with Crippen molar-refractivity contribution in [3.63, 3.8) is 0 Å². The maximum Gasteiger partial charge on any atom is 0.251 e. The molecule has 0 spiro atoms. The molecular formula is C49H54BrN9O6. The molecule has 2 atom stereocenters. The van der Waals surface area contributed by atoms with E-state index in [0.717, 1.165) is 26.6 Å². The van der Waals surface area contributed by atoms with Crippen LogP contribution in [0.25, 0.3) is 44.6 Å². The van der Waals surface area contributed by atoms with Crippen LogP contribution in [0.3, 0.4) is 0 Å². The summed E-state index contributed by atoms with van der Waals surface area (Å²) in [6.45, 7) is 12.2. The number of aliphatic hydroxyl groups excluding tert-OH is 2. The molecule has 4 heterocycles. The smallest absolute Gasteiger partial charge is 0.251 e. The minimum absolute atomic E-state index is 0.0889. The topological polar surface area (TPSA) is 203 Å². The first kappa shape index (κ1) is 46.6.